The molecule has 158 valence electrons. The Morgan fingerprint density at radius 3 is 2.70 bits per heavy atom. The van der Waals surface area contributed by atoms with Gasteiger partial charge in [-0.25, -0.2) is 0 Å². The summed E-state index contributed by atoms with van der Waals surface area (Å²) in [6.07, 6.45) is 1.60. The SMILES string of the molecule is COc1ccc(OC)c([C@@H]2CCCN2C(=O)CNC(=O)c2cccc([N+](=O)[O-])c2)c1. The molecule has 2 amide bonds. The highest BCUT2D eigenvalue weighted by molar-refractivity contribution is 5.97. The summed E-state index contributed by atoms with van der Waals surface area (Å²) in [5.74, 6) is 0.563. The predicted octanol–water partition coefficient (Wildman–Crippen LogP) is 2.71. The van der Waals surface area contributed by atoms with Crippen molar-refractivity contribution >= 4 is 17.5 Å². The molecule has 9 nitrogen and oxygen atoms in total. The summed E-state index contributed by atoms with van der Waals surface area (Å²) in [6, 6.07) is 10.7. The van der Waals surface area contributed by atoms with Gasteiger partial charge in [-0.3, -0.25) is 19.7 Å². The lowest BCUT2D eigenvalue weighted by molar-refractivity contribution is -0.384. The van der Waals surface area contributed by atoms with Crippen molar-refractivity contribution < 1.29 is 24.0 Å². The van der Waals surface area contributed by atoms with Crippen molar-refractivity contribution in [1.29, 1.82) is 0 Å². The van der Waals surface area contributed by atoms with Crippen molar-refractivity contribution in [3.05, 3.63) is 63.7 Å². The van der Waals surface area contributed by atoms with E-state index < -0.39 is 10.8 Å². The first kappa shape index (κ1) is 21.1. The molecule has 0 spiro atoms. The number of hydrogen-bond acceptors (Lipinski definition) is 6. The molecule has 1 N–H and O–H groups in total. The Morgan fingerprint density at radius 2 is 2.00 bits per heavy atom. The van der Waals surface area contributed by atoms with Gasteiger partial charge in [-0.15, -0.1) is 0 Å². The van der Waals surface area contributed by atoms with Crippen LogP contribution in [0.25, 0.3) is 0 Å². The third-order valence-corrected chi connectivity index (χ3v) is 5.09. The first-order valence-corrected chi connectivity index (χ1v) is 9.48. The quantitative estimate of drug-likeness (QED) is 0.552. The summed E-state index contributed by atoms with van der Waals surface area (Å²) >= 11 is 0. The monoisotopic (exact) mass is 413 g/mol. The summed E-state index contributed by atoms with van der Waals surface area (Å²) in [7, 11) is 3.15. The standard InChI is InChI=1S/C21H23N3O6/c1-29-16-8-9-19(30-2)17(12-16)18-7-4-10-23(18)20(25)13-22-21(26)14-5-3-6-15(11-14)24(27)28/h3,5-6,8-9,11-12,18H,4,7,10,13H2,1-2H3,(H,22,26)/t18-/m0/s1. The van der Waals surface area contributed by atoms with Crippen LogP contribution in [-0.4, -0.2) is 48.9 Å². The number of likely N-dealkylation sites (tertiary alicyclic amines) is 1. The average Bonchev–Trinajstić information content (AvgIpc) is 3.26. The average molecular weight is 413 g/mol. The largest absolute Gasteiger partial charge is 0.497 e. The van der Waals surface area contributed by atoms with E-state index in [9.17, 15) is 19.7 Å². The number of ether oxygens (including phenoxy) is 2. The third kappa shape index (κ3) is 4.51. The van der Waals surface area contributed by atoms with Crippen LogP contribution in [0.5, 0.6) is 11.5 Å². The van der Waals surface area contributed by atoms with Gasteiger partial charge in [-0.1, -0.05) is 6.07 Å². The molecule has 0 radical (unpaired) electrons. The molecule has 1 aliphatic heterocycles. The first-order valence-electron chi connectivity index (χ1n) is 9.48. The van der Waals surface area contributed by atoms with E-state index in [-0.39, 0.29) is 29.7 Å². The van der Waals surface area contributed by atoms with Gasteiger partial charge in [0.05, 0.1) is 31.7 Å². The number of carbonyl (C=O) groups excluding carboxylic acids is 2. The number of hydrogen-bond donors (Lipinski definition) is 1. The molecule has 1 atom stereocenters. The summed E-state index contributed by atoms with van der Waals surface area (Å²) in [5.41, 5.74) is 0.802. The lowest BCUT2D eigenvalue weighted by Crippen LogP contribution is -2.40. The number of carbonyl (C=O) groups is 2. The zero-order chi connectivity index (χ0) is 21.7. The van der Waals surface area contributed by atoms with E-state index in [0.717, 1.165) is 18.4 Å². The Labute approximate surface area is 173 Å². The molecular weight excluding hydrogens is 390 g/mol. The maximum absolute atomic E-state index is 12.8. The van der Waals surface area contributed by atoms with E-state index in [1.165, 1.54) is 24.3 Å². The van der Waals surface area contributed by atoms with Crippen molar-refractivity contribution in [1.82, 2.24) is 10.2 Å². The molecule has 2 aromatic carbocycles. The van der Waals surface area contributed by atoms with Crippen LogP contribution in [0.15, 0.2) is 42.5 Å². The number of benzene rings is 2. The molecule has 30 heavy (non-hydrogen) atoms. The van der Waals surface area contributed by atoms with Crippen LogP contribution in [0.4, 0.5) is 5.69 Å². The first-order chi connectivity index (χ1) is 14.4. The van der Waals surface area contributed by atoms with Gasteiger partial charge in [0.2, 0.25) is 5.91 Å². The molecule has 1 saturated heterocycles. The number of nitro benzene ring substituents is 1. The minimum absolute atomic E-state index is 0.129. The van der Waals surface area contributed by atoms with Gasteiger partial charge in [0, 0.05) is 29.8 Å². The number of methoxy groups -OCH3 is 2. The Morgan fingerprint density at radius 1 is 1.20 bits per heavy atom. The minimum atomic E-state index is -0.571. The minimum Gasteiger partial charge on any atom is -0.497 e. The second kappa shape index (κ2) is 9.25. The summed E-state index contributed by atoms with van der Waals surface area (Å²) < 4.78 is 10.8. The van der Waals surface area contributed by atoms with Gasteiger partial charge in [0.15, 0.2) is 0 Å². The van der Waals surface area contributed by atoms with Gasteiger partial charge in [-0.2, -0.15) is 0 Å². The van der Waals surface area contributed by atoms with Crippen molar-refractivity contribution in [3.8, 4) is 11.5 Å². The van der Waals surface area contributed by atoms with Crippen LogP contribution >= 0.6 is 0 Å². The fraction of sp³-hybridized carbons (Fsp3) is 0.333. The lowest BCUT2D eigenvalue weighted by Gasteiger charge is -2.27. The maximum Gasteiger partial charge on any atom is 0.270 e. The zero-order valence-electron chi connectivity index (χ0n) is 16.8. The van der Waals surface area contributed by atoms with Crippen molar-refractivity contribution in [3.63, 3.8) is 0 Å². The van der Waals surface area contributed by atoms with E-state index in [2.05, 4.69) is 5.32 Å². The predicted molar refractivity (Wildman–Crippen MR) is 109 cm³/mol. The van der Waals surface area contributed by atoms with Crippen LogP contribution < -0.4 is 14.8 Å². The van der Waals surface area contributed by atoms with Gasteiger partial charge < -0.3 is 19.7 Å². The van der Waals surface area contributed by atoms with E-state index in [0.29, 0.717) is 18.0 Å². The molecule has 0 aromatic heterocycles. The molecule has 1 heterocycles. The summed E-state index contributed by atoms with van der Waals surface area (Å²) in [4.78, 5) is 37.2. The second-order valence-corrected chi connectivity index (χ2v) is 6.84. The molecule has 2 aromatic rings. The zero-order valence-corrected chi connectivity index (χ0v) is 16.8. The molecule has 9 heteroatoms. The topological polar surface area (TPSA) is 111 Å². The number of rotatable bonds is 7. The van der Waals surface area contributed by atoms with Crippen molar-refractivity contribution in [2.24, 2.45) is 0 Å². The van der Waals surface area contributed by atoms with Crippen molar-refractivity contribution in [2.75, 3.05) is 27.3 Å². The Kier molecular flexibility index (Phi) is 6.51. The van der Waals surface area contributed by atoms with Crippen LogP contribution in [0.1, 0.15) is 34.8 Å². The molecule has 3 rings (SSSR count). The Bertz CT molecular complexity index is 962. The van der Waals surface area contributed by atoms with Gasteiger partial charge in [-0.05, 0) is 37.1 Å². The number of non-ortho nitro benzene ring substituents is 1. The van der Waals surface area contributed by atoms with Crippen LogP contribution in [0.3, 0.4) is 0 Å². The molecule has 0 bridgehead atoms. The third-order valence-electron chi connectivity index (χ3n) is 5.09. The molecule has 0 aliphatic carbocycles. The number of nitrogens with zero attached hydrogens (tertiary/aromatic N) is 2. The maximum atomic E-state index is 12.8. The van der Waals surface area contributed by atoms with Crippen LogP contribution in [0.2, 0.25) is 0 Å². The smallest absolute Gasteiger partial charge is 0.270 e. The van der Waals surface area contributed by atoms with E-state index in [4.69, 9.17) is 9.47 Å². The fourth-order valence-electron chi connectivity index (χ4n) is 3.61. The molecule has 0 saturated carbocycles. The molecule has 0 unspecified atom stereocenters. The molecule has 1 aliphatic rings. The second-order valence-electron chi connectivity index (χ2n) is 6.84. The van der Waals surface area contributed by atoms with Crippen LogP contribution in [-0.2, 0) is 4.79 Å². The Hall–Kier alpha value is -3.62. The van der Waals surface area contributed by atoms with E-state index >= 15 is 0 Å². The molecule has 1 fully saturated rings. The van der Waals surface area contributed by atoms with Crippen LogP contribution in [0, 0.1) is 10.1 Å². The highest BCUT2D eigenvalue weighted by atomic mass is 16.6. The normalized spacial score (nSPS) is 15.5. The summed E-state index contributed by atoms with van der Waals surface area (Å²) in [6.45, 7) is 0.362. The van der Waals surface area contributed by atoms with E-state index in [1.54, 1.807) is 31.3 Å². The molecular formula is C21H23N3O6. The highest BCUT2D eigenvalue weighted by Crippen LogP contribution is 2.38. The number of amides is 2. The van der Waals surface area contributed by atoms with Gasteiger partial charge in [0.25, 0.3) is 11.6 Å². The van der Waals surface area contributed by atoms with Gasteiger partial charge in [0.1, 0.15) is 11.5 Å². The lowest BCUT2D eigenvalue weighted by atomic mass is 10.0. The number of nitro groups is 1. The van der Waals surface area contributed by atoms with E-state index in [1.807, 2.05) is 6.07 Å². The highest BCUT2D eigenvalue weighted by Gasteiger charge is 2.32. The van der Waals surface area contributed by atoms with Crippen molar-refractivity contribution in [2.45, 2.75) is 18.9 Å². The summed E-state index contributed by atoms with van der Waals surface area (Å²) in [5, 5.41) is 13.4. The Balaban J connectivity index is 1.70. The fourth-order valence-corrected chi connectivity index (χ4v) is 3.61. The van der Waals surface area contributed by atoms with Gasteiger partial charge >= 0.3 is 0 Å². The number of nitrogens with one attached hydrogen (secondary N) is 1.